The first kappa shape index (κ1) is 17.2. The van der Waals surface area contributed by atoms with Gasteiger partial charge in [-0.25, -0.2) is 4.90 Å². The third-order valence-electron chi connectivity index (χ3n) is 6.48. The minimum Gasteiger partial charge on any atom is -0.257 e. The molecule has 0 N–H and O–H groups in total. The van der Waals surface area contributed by atoms with Crippen LogP contribution in [-0.2, 0) is 0 Å². The van der Waals surface area contributed by atoms with E-state index in [1.807, 2.05) is 0 Å². The fourth-order valence-electron chi connectivity index (χ4n) is 5.28. The van der Waals surface area contributed by atoms with Crippen molar-refractivity contribution in [2.24, 2.45) is 0 Å². The zero-order valence-corrected chi connectivity index (χ0v) is 17.1. The molecule has 3 aromatic carbocycles. The second-order valence-corrected chi connectivity index (χ2v) is 8.11. The molecule has 2 aliphatic rings. The van der Waals surface area contributed by atoms with Crippen molar-refractivity contribution in [2.75, 3.05) is 11.4 Å². The first-order chi connectivity index (χ1) is 13.6. The Morgan fingerprint density at radius 3 is 2.18 bits per heavy atom. The molecule has 2 nitrogen and oxygen atoms in total. The van der Waals surface area contributed by atoms with Crippen LogP contribution in [0.3, 0.4) is 0 Å². The SMILES string of the molecule is CC[N+]1=CN(c2c(C)cccc2C)C2c3ccccc3-c3cccc(C)c3C21. The van der Waals surface area contributed by atoms with Crippen molar-refractivity contribution in [1.82, 2.24) is 0 Å². The molecule has 1 heterocycles. The highest BCUT2D eigenvalue weighted by molar-refractivity contribution is 5.87. The van der Waals surface area contributed by atoms with E-state index < -0.39 is 0 Å². The fraction of sp³-hybridized carbons (Fsp3) is 0.269. The van der Waals surface area contributed by atoms with Gasteiger partial charge in [0.05, 0.1) is 6.54 Å². The van der Waals surface area contributed by atoms with Crippen LogP contribution in [0, 0.1) is 20.8 Å². The molecule has 1 aliphatic carbocycles. The van der Waals surface area contributed by atoms with E-state index in [1.54, 1.807) is 0 Å². The molecule has 0 amide bonds. The lowest BCUT2D eigenvalue weighted by Crippen LogP contribution is -2.30. The maximum Gasteiger partial charge on any atom is 0.240 e. The number of aryl methyl sites for hydroxylation is 3. The van der Waals surface area contributed by atoms with Gasteiger partial charge in [0.1, 0.15) is 5.69 Å². The summed E-state index contributed by atoms with van der Waals surface area (Å²) < 4.78 is 2.53. The van der Waals surface area contributed by atoms with E-state index in [9.17, 15) is 0 Å². The fourth-order valence-corrected chi connectivity index (χ4v) is 5.28. The van der Waals surface area contributed by atoms with Crippen molar-refractivity contribution in [3.05, 3.63) is 88.5 Å². The van der Waals surface area contributed by atoms with E-state index in [0.717, 1.165) is 6.54 Å². The molecule has 2 unspecified atom stereocenters. The summed E-state index contributed by atoms with van der Waals surface area (Å²) in [4.78, 5) is 2.53. The van der Waals surface area contributed by atoms with E-state index in [1.165, 1.54) is 44.6 Å². The Hall–Kier alpha value is -2.87. The first-order valence-electron chi connectivity index (χ1n) is 10.3. The number of hydrogen-bond donors (Lipinski definition) is 0. The van der Waals surface area contributed by atoms with E-state index in [4.69, 9.17) is 0 Å². The van der Waals surface area contributed by atoms with Crippen LogP contribution in [0.1, 0.15) is 46.8 Å². The van der Waals surface area contributed by atoms with Gasteiger partial charge in [0, 0.05) is 11.1 Å². The molecule has 0 aromatic heterocycles. The summed E-state index contributed by atoms with van der Waals surface area (Å²) in [6, 6.07) is 23.0. The normalized spacial score (nSPS) is 19.7. The van der Waals surface area contributed by atoms with Crippen molar-refractivity contribution < 1.29 is 4.58 Å². The zero-order chi connectivity index (χ0) is 19.4. The van der Waals surface area contributed by atoms with Crippen molar-refractivity contribution in [2.45, 2.75) is 39.8 Å². The molecule has 2 heteroatoms. The zero-order valence-electron chi connectivity index (χ0n) is 17.1. The summed E-state index contributed by atoms with van der Waals surface area (Å²) in [5, 5.41) is 0. The molecule has 0 fully saturated rings. The minimum atomic E-state index is 0.296. The van der Waals surface area contributed by atoms with Gasteiger partial charge in [0.15, 0.2) is 12.1 Å². The lowest BCUT2D eigenvalue weighted by atomic mass is 9.77. The lowest BCUT2D eigenvalue weighted by Gasteiger charge is -2.33. The summed E-state index contributed by atoms with van der Waals surface area (Å²) in [7, 11) is 0. The number of nitrogens with zero attached hydrogens (tertiary/aromatic N) is 2. The minimum absolute atomic E-state index is 0.296. The van der Waals surface area contributed by atoms with Gasteiger partial charge in [-0.3, -0.25) is 4.58 Å². The third kappa shape index (κ3) is 2.30. The van der Waals surface area contributed by atoms with Crippen LogP contribution < -0.4 is 4.90 Å². The monoisotopic (exact) mass is 367 g/mol. The number of anilines is 1. The molecule has 140 valence electrons. The van der Waals surface area contributed by atoms with E-state index in [0.29, 0.717) is 12.1 Å². The first-order valence-corrected chi connectivity index (χ1v) is 10.3. The summed E-state index contributed by atoms with van der Waals surface area (Å²) in [5.41, 5.74) is 11.1. The highest BCUT2D eigenvalue weighted by Gasteiger charge is 2.49. The number of para-hydroxylation sites is 1. The van der Waals surface area contributed by atoms with Crippen molar-refractivity contribution >= 4 is 12.0 Å². The van der Waals surface area contributed by atoms with Gasteiger partial charge >= 0.3 is 0 Å². The van der Waals surface area contributed by atoms with E-state index >= 15 is 0 Å². The Kier molecular flexibility index (Phi) is 3.90. The quantitative estimate of drug-likeness (QED) is 0.507. The molecule has 5 rings (SSSR count). The lowest BCUT2D eigenvalue weighted by molar-refractivity contribution is -0.560. The van der Waals surface area contributed by atoms with Gasteiger partial charge < -0.3 is 0 Å². The number of likely N-dealkylation sites (N-methyl/N-ethyl adjacent to an activating group) is 1. The van der Waals surface area contributed by atoms with Crippen LogP contribution in [-0.4, -0.2) is 17.5 Å². The standard InChI is InChI=1S/C26H27N2/c1-5-27-16-28(24-18(3)11-8-12-19(24)4)25-22-14-7-6-13-20(22)21-15-9-10-17(2)23(21)26(25)27/h6-16,25-26H,5H2,1-4H3/q+1. The van der Waals surface area contributed by atoms with Gasteiger partial charge in [-0.05, 0) is 55.5 Å². The molecular weight excluding hydrogens is 340 g/mol. The van der Waals surface area contributed by atoms with Crippen LogP contribution in [0.2, 0.25) is 0 Å². The Balaban J connectivity index is 1.81. The highest BCUT2D eigenvalue weighted by Crippen LogP contribution is 2.53. The Bertz CT molecular complexity index is 1090. The van der Waals surface area contributed by atoms with Crippen molar-refractivity contribution in [3.63, 3.8) is 0 Å². The van der Waals surface area contributed by atoms with Crippen LogP contribution >= 0.6 is 0 Å². The molecule has 0 saturated carbocycles. The second kappa shape index (κ2) is 6.34. The van der Waals surface area contributed by atoms with Gasteiger partial charge in [0.25, 0.3) is 0 Å². The summed E-state index contributed by atoms with van der Waals surface area (Å²) >= 11 is 0. The van der Waals surface area contributed by atoms with Crippen molar-refractivity contribution in [1.29, 1.82) is 0 Å². The van der Waals surface area contributed by atoms with E-state index in [-0.39, 0.29) is 0 Å². The molecule has 0 saturated heterocycles. The van der Waals surface area contributed by atoms with Crippen LogP contribution in [0.25, 0.3) is 11.1 Å². The predicted octanol–water partition coefficient (Wildman–Crippen LogP) is 5.96. The van der Waals surface area contributed by atoms with E-state index in [2.05, 4.69) is 104 Å². The second-order valence-electron chi connectivity index (χ2n) is 8.11. The van der Waals surface area contributed by atoms with Crippen molar-refractivity contribution in [3.8, 4) is 11.1 Å². The number of rotatable bonds is 2. The molecule has 2 atom stereocenters. The molecule has 1 aliphatic heterocycles. The van der Waals surface area contributed by atoms with Gasteiger partial charge in [-0.1, -0.05) is 60.7 Å². The summed E-state index contributed by atoms with van der Waals surface area (Å²) in [6.45, 7) is 9.99. The number of fused-ring (bicyclic) bond motifs is 6. The average molecular weight is 368 g/mol. The van der Waals surface area contributed by atoms with Gasteiger partial charge in [-0.2, -0.15) is 0 Å². The molecule has 0 bridgehead atoms. The Morgan fingerprint density at radius 1 is 0.786 bits per heavy atom. The molecule has 28 heavy (non-hydrogen) atoms. The smallest absolute Gasteiger partial charge is 0.240 e. The van der Waals surface area contributed by atoms with Crippen LogP contribution in [0.15, 0.2) is 60.7 Å². The largest absolute Gasteiger partial charge is 0.257 e. The maximum atomic E-state index is 2.53. The number of hydrogen-bond acceptors (Lipinski definition) is 1. The topological polar surface area (TPSA) is 6.25 Å². The van der Waals surface area contributed by atoms with Crippen LogP contribution in [0.4, 0.5) is 5.69 Å². The van der Waals surface area contributed by atoms with Crippen LogP contribution in [0.5, 0.6) is 0 Å². The highest BCUT2D eigenvalue weighted by atomic mass is 15.3. The molecule has 3 aromatic rings. The third-order valence-corrected chi connectivity index (χ3v) is 6.48. The summed E-state index contributed by atoms with van der Waals surface area (Å²) in [6.07, 6.45) is 2.36. The Labute approximate surface area is 167 Å². The maximum absolute atomic E-state index is 2.53. The molecular formula is C26H27N2+. The number of benzene rings is 3. The molecule has 0 radical (unpaired) electrons. The predicted molar refractivity (Wildman–Crippen MR) is 117 cm³/mol. The van der Waals surface area contributed by atoms with Gasteiger partial charge in [-0.15, -0.1) is 0 Å². The van der Waals surface area contributed by atoms with Gasteiger partial charge in [0.2, 0.25) is 6.34 Å². The summed E-state index contributed by atoms with van der Waals surface area (Å²) in [5.74, 6) is 0. The average Bonchev–Trinajstić information content (AvgIpc) is 3.07. The molecule has 0 spiro atoms. The Morgan fingerprint density at radius 2 is 1.43 bits per heavy atom.